The third-order valence-electron chi connectivity index (χ3n) is 4.79. The minimum Gasteiger partial charge on any atom is -0.497 e. The summed E-state index contributed by atoms with van der Waals surface area (Å²) < 4.78 is 15.7. The van der Waals surface area contributed by atoms with Crippen LogP contribution in [-0.2, 0) is 17.6 Å². The van der Waals surface area contributed by atoms with Crippen LogP contribution >= 0.6 is 11.6 Å². The number of carbonyl (C=O) groups is 1. The van der Waals surface area contributed by atoms with Crippen molar-refractivity contribution in [3.05, 3.63) is 68.5 Å². The van der Waals surface area contributed by atoms with Crippen molar-refractivity contribution in [3.63, 3.8) is 0 Å². The number of ether oxygens (including phenoxy) is 2. The van der Waals surface area contributed by atoms with E-state index in [0.29, 0.717) is 45.8 Å². The van der Waals surface area contributed by atoms with E-state index in [-0.39, 0.29) is 12.3 Å². The highest BCUT2D eigenvalue weighted by molar-refractivity contribution is 6.32. The lowest BCUT2D eigenvalue weighted by Gasteiger charge is -2.10. The van der Waals surface area contributed by atoms with Gasteiger partial charge in [0.05, 0.1) is 31.2 Å². The first-order valence-corrected chi connectivity index (χ1v) is 9.50. The molecule has 29 heavy (non-hydrogen) atoms. The number of nitrogens with one attached hydrogen (secondary N) is 1. The zero-order chi connectivity index (χ0) is 21.0. The maximum absolute atomic E-state index is 12.4. The van der Waals surface area contributed by atoms with Gasteiger partial charge in [-0.15, -0.1) is 0 Å². The molecule has 0 saturated heterocycles. The summed E-state index contributed by atoms with van der Waals surface area (Å²) in [5, 5.41) is 3.93. The van der Waals surface area contributed by atoms with E-state index in [1.165, 1.54) is 7.11 Å². The minimum absolute atomic E-state index is 0.0592. The van der Waals surface area contributed by atoms with Gasteiger partial charge in [-0.2, -0.15) is 0 Å². The molecular formula is C22H22ClNO5. The van der Waals surface area contributed by atoms with Gasteiger partial charge in [-0.05, 0) is 42.7 Å². The molecule has 3 rings (SSSR count). The molecule has 0 fully saturated rings. The van der Waals surface area contributed by atoms with Crippen molar-refractivity contribution in [1.29, 1.82) is 0 Å². The van der Waals surface area contributed by atoms with Crippen molar-refractivity contribution in [2.45, 2.75) is 19.8 Å². The number of fused-ring (bicyclic) bond motifs is 1. The molecule has 0 bridgehead atoms. The van der Waals surface area contributed by atoms with Crippen LogP contribution in [-0.4, -0.2) is 26.7 Å². The Morgan fingerprint density at radius 3 is 2.52 bits per heavy atom. The maximum Gasteiger partial charge on any atom is 0.340 e. The van der Waals surface area contributed by atoms with Crippen LogP contribution in [0, 0.1) is 6.92 Å². The van der Waals surface area contributed by atoms with Gasteiger partial charge in [0.15, 0.2) is 0 Å². The molecule has 0 atom stereocenters. The van der Waals surface area contributed by atoms with Crippen LogP contribution in [0.15, 0.2) is 45.6 Å². The van der Waals surface area contributed by atoms with E-state index >= 15 is 0 Å². The Bertz CT molecular complexity index is 1090. The maximum atomic E-state index is 12.4. The predicted octanol–water partition coefficient (Wildman–Crippen LogP) is 3.67. The molecule has 0 aliphatic heterocycles. The molecule has 0 spiro atoms. The number of methoxy groups -OCH3 is 2. The average Bonchev–Trinajstić information content (AvgIpc) is 2.72. The van der Waals surface area contributed by atoms with Gasteiger partial charge in [-0.25, -0.2) is 4.79 Å². The van der Waals surface area contributed by atoms with Gasteiger partial charge < -0.3 is 19.2 Å². The summed E-state index contributed by atoms with van der Waals surface area (Å²) in [6.45, 7) is 2.24. The van der Waals surface area contributed by atoms with Crippen LogP contribution in [0.5, 0.6) is 11.5 Å². The highest BCUT2D eigenvalue weighted by Crippen LogP contribution is 2.31. The number of hydrogen-bond donors (Lipinski definition) is 1. The zero-order valence-electron chi connectivity index (χ0n) is 16.5. The molecule has 0 aliphatic rings. The Morgan fingerprint density at radius 2 is 1.86 bits per heavy atom. The predicted molar refractivity (Wildman–Crippen MR) is 112 cm³/mol. The standard InChI is InChI=1S/C22H22ClNO5/c1-13-16-10-18(23)20(28-3)12-19(16)29-22(26)17(13)11-21(25)24-9-8-14-4-6-15(27-2)7-5-14/h4-7,10,12H,8-9,11H2,1-3H3,(H,24,25). The summed E-state index contributed by atoms with van der Waals surface area (Å²) >= 11 is 6.19. The minimum atomic E-state index is -0.537. The van der Waals surface area contributed by atoms with Crippen LogP contribution < -0.4 is 20.4 Å². The fraction of sp³-hybridized carbons (Fsp3) is 0.273. The fourth-order valence-corrected chi connectivity index (χ4v) is 3.35. The van der Waals surface area contributed by atoms with E-state index in [0.717, 1.165) is 11.3 Å². The smallest absolute Gasteiger partial charge is 0.340 e. The lowest BCUT2D eigenvalue weighted by molar-refractivity contribution is -0.120. The second-order valence-electron chi connectivity index (χ2n) is 6.60. The molecule has 2 aromatic carbocycles. The number of carbonyl (C=O) groups excluding carboxylic acids is 1. The topological polar surface area (TPSA) is 77.8 Å². The molecule has 7 heteroatoms. The van der Waals surface area contributed by atoms with Crippen LogP contribution in [0.3, 0.4) is 0 Å². The molecule has 3 aromatic rings. The first-order chi connectivity index (χ1) is 13.9. The first kappa shape index (κ1) is 20.7. The Morgan fingerprint density at radius 1 is 1.14 bits per heavy atom. The molecule has 0 radical (unpaired) electrons. The van der Waals surface area contributed by atoms with Crippen molar-refractivity contribution in [1.82, 2.24) is 5.32 Å². The molecule has 1 amide bonds. The summed E-state index contributed by atoms with van der Waals surface area (Å²) in [6.07, 6.45) is 0.618. The quantitative estimate of drug-likeness (QED) is 0.596. The molecule has 0 aliphatic carbocycles. The Balaban J connectivity index is 1.70. The molecular weight excluding hydrogens is 394 g/mol. The molecule has 6 nitrogen and oxygen atoms in total. The molecule has 1 heterocycles. The van der Waals surface area contributed by atoms with Crippen LogP contribution in [0.1, 0.15) is 16.7 Å². The zero-order valence-corrected chi connectivity index (χ0v) is 17.3. The fourth-order valence-electron chi connectivity index (χ4n) is 3.11. The van der Waals surface area contributed by atoms with Gasteiger partial charge >= 0.3 is 5.63 Å². The number of hydrogen-bond acceptors (Lipinski definition) is 5. The number of rotatable bonds is 7. The van der Waals surface area contributed by atoms with Gasteiger partial charge in [-0.1, -0.05) is 23.7 Å². The van der Waals surface area contributed by atoms with Crippen LogP contribution in [0.2, 0.25) is 5.02 Å². The molecule has 1 N–H and O–H groups in total. The second kappa shape index (κ2) is 9.01. The lowest BCUT2D eigenvalue weighted by atomic mass is 10.0. The van der Waals surface area contributed by atoms with E-state index in [9.17, 15) is 9.59 Å². The average molecular weight is 416 g/mol. The number of benzene rings is 2. The molecule has 152 valence electrons. The van der Waals surface area contributed by atoms with E-state index in [4.69, 9.17) is 25.5 Å². The molecule has 0 saturated carbocycles. The largest absolute Gasteiger partial charge is 0.497 e. The van der Waals surface area contributed by atoms with Crippen molar-refractivity contribution < 1.29 is 18.7 Å². The summed E-state index contributed by atoms with van der Waals surface area (Å²) in [5.41, 5.74) is 1.91. The SMILES string of the molecule is COc1ccc(CCNC(=O)Cc2c(C)c3cc(Cl)c(OC)cc3oc2=O)cc1. The monoisotopic (exact) mass is 415 g/mol. The van der Waals surface area contributed by atoms with E-state index < -0.39 is 5.63 Å². The van der Waals surface area contributed by atoms with E-state index in [1.54, 1.807) is 26.2 Å². The molecule has 1 aromatic heterocycles. The van der Waals surface area contributed by atoms with Gasteiger partial charge in [0.25, 0.3) is 0 Å². The Kier molecular flexibility index (Phi) is 6.44. The third-order valence-corrected chi connectivity index (χ3v) is 5.09. The molecule has 0 unspecified atom stereocenters. The van der Waals surface area contributed by atoms with Crippen molar-refractivity contribution in [3.8, 4) is 11.5 Å². The normalized spacial score (nSPS) is 10.8. The summed E-state index contributed by atoms with van der Waals surface area (Å²) in [5.74, 6) is 0.965. The van der Waals surface area contributed by atoms with Gasteiger partial charge in [-0.3, -0.25) is 4.79 Å². The Hall–Kier alpha value is -2.99. The third kappa shape index (κ3) is 4.71. The van der Waals surface area contributed by atoms with Gasteiger partial charge in [0.2, 0.25) is 5.91 Å². The lowest BCUT2D eigenvalue weighted by Crippen LogP contribution is -2.29. The van der Waals surface area contributed by atoms with E-state index in [2.05, 4.69) is 5.32 Å². The van der Waals surface area contributed by atoms with Crippen molar-refractivity contribution in [2.24, 2.45) is 0 Å². The van der Waals surface area contributed by atoms with Gasteiger partial charge in [0, 0.05) is 18.0 Å². The Labute approximate surface area is 173 Å². The van der Waals surface area contributed by atoms with Crippen molar-refractivity contribution >= 4 is 28.5 Å². The highest BCUT2D eigenvalue weighted by atomic mass is 35.5. The first-order valence-electron chi connectivity index (χ1n) is 9.12. The van der Waals surface area contributed by atoms with Gasteiger partial charge in [0.1, 0.15) is 17.1 Å². The summed E-state index contributed by atoms with van der Waals surface area (Å²) in [7, 11) is 3.10. The van der Waals surface area contributed by atoms with E-state index in [1.807, 2.05) is 24.3 Å². The summed E-state index contributed by atoms with van der Waals surface area (Å²) in [6, 6.07) is 10.9. The van der Waals surface area contributed by atoms with Crippen LogP contribution in [0.4, 0.5) is 0 Å². The number of amides is 1. The summed E-state index contributed by atoms with van der Waals surface area (Å²) in [4.78, 5) is 24.8. The second-order valence-corrected chi connectivity index (χ2v) is 7.01. The number of aryl methyl sites for hydroxylation is 1. The van der Waals surface area contributed by atoms with Crippen LogP contribution in [0.25, 0.3) is 11.0 Å². The number of halogens is 1. The van der Waals surface area contributed by atoms with Crippen molar-refractivity contribution in [2.75, 3.05) is 20.8 Å². The highest BCUT2D eigenvalue weighted by Gasteiger charge is 2.16.